The summed E-state index contributed by atoms with van der Waals surface area (Å²) in [4.78, 5) is 0. The summed E-state index contributed by atoms with van der Waals surface area (Å²) < 4.78 is 5.32. The standard InChI is InChI=1S/C19H16N2O/c1-3-12-22-19-10-4-15(5-11-19)13-17(14-20)16-6-8-18(21-2)9-7-16/h1,4-11,13,21H,12H2,2H3/b17-13+. The lowest BCUT2D eigenvalue weighted by atomic mass is 10.0. The Kier molecular flexibility index (Phi) is 5.24. The van der Waals surface area contributed by atoms with Gasteiger partial charge >= 0.3 is 0 Å². The number of rotatable bonds is 5. The molecule has 0 heterocycles. The third-order valence-corrected chi connectivity index (χ3v) is 3.12. The monoisotopic (exact) mass is 288 g/mol. The number of nitriles is 1. The van der Waals surface area contributed by atoms with Crippen LogP contribution in [0.3, 0.4) is 0 Å². The molecule has 0 bridgehead atoms. The number of nitrogens with one attached hydrogen (secondary N) is 1. The SMILES string of the molecule is C#CCOc1ccc(/C=C(\C#N)c2ccc(NC)cc2)cc1. The van der Waals surface area contributed by atoms with E-state index in [4.69, 9.17) is 11.2 Å². The molecule has 3 nitrogen and oxygen atoms in total. The van der Waals surface area contributed by atoms with Crippen molar-refractivity contribution >= 4 is 17.3 Å². The zero-order valence-corrected chi connectivity index (χ0v) is 12.3. The molecule has 0 aliphatic rings. The zero-order valence-electron chi connectivity index (χ0n) is 12.3. The minimum Gasteiger partial charge on any atom is -0.481 e. The third kappa shape index (κ3) is 3.91. The molecule has 2 aromatic rings. The van der Waals surface area contributed by atoms with Gasteiger partial charge in [-0.1, -0.05) is 30.2 Å². The average Bonchev–Trinajstić information content (AvgIpc) is 2.59. The largest absolute Gasteiger partial charge is 0.481 e. The predicted molar refractivity (Wildman–Crippen MR) is 90.2 cm³/mol. The number of nitrogens with zero attached hydrogens (tertiary/aromatic N) is 1. The van der Waals surface area contributed by atoms with Gasteiger partial charge in [-0.3, -0.25) is 0 Å². The van der Waals surface area contributed by atoms with Crippen molar-refractivity contribution in [2.24, 2.45) is 0 Å². The summed E-state index contributed by atoms with van der Waals surface area (Å²) in [5.41, 5.74) is 3.44. The Hall–Kier alpha value is -3.17. The van der Waals surface area contributed by atoms with E-state index in [1.54, 1.807) is 0 Å². The van der Waals surface area contributed by atoms with E-state index in [1.165, 1.54) is 0 Å². The van der Waals surface area contributed by atoms with Crippen LogP contribution < -0.4 is 10.1 Å². The van der Waals surface area contributed by atoms with E-state index in [0.717, 1.165) is 16.8 Å². The Balaban J connectivity index is 2.21. The van der Waals surface area contributed by atoms with Crippen LogP contribution in [0.1, 0.15) is 11.1 Å². The fourth-order valence-electron chi connectivity index (χ4n) is 1.95. The van der Waals surface area contributed by atoms with Crippen LogP contribution in [0.2, 0.25) is 0 Å². The number of terminal acetylenes is 1. The molecule has 0 atom stereocenters. The molecule has 0 unspecified atom stereocenters. The molecular formula is C19H16N2O. The molecule has 2 aromatic carbocycles. The molecule has 0 aliphatic heterocycles. The first-order valence-corrected chi connectivity index (χ1v) is 6.83. The smallest absolute Gasteiger partial charge is 0.148 e. The van der Waals surface area contributed by atoms with E-state index in [2.05, 4.69) is 17.3 Å². The van der Waals surface area contributed by atoms with Gasteiger partial charge in [-0.25, -0.2) is 0 Å². The van der Waals surface area contributed by atoms with E-state index in [1.807, 2.05) is 61.7 Å². The normalized spacial score (nSPS) is 10.4. The molecule has 2 rings (SSSR count). The zero-order chi connectivity index (χ0) is 15.8. The van der Waals surface area contributed by atoms with Gasteiger partial charge in [0.25, 0.3) is 0 Å². The van der Waals surface area contributed by atoms with Crippen LogP contribution in [-0.2, 0) is 0 Å². The van der Waals surface area contributed by atoms with Gasteiger partial charge in [0, 0.05) is 12.7 Å². The van der Waals surface area contributed by atoms with Crippen LogP contribution >= 0.6 is 0 Å². The van der Waals surface area contributed by atoms with Gasteiger partial charge < -0.3 is 10.1 Å². The Labute approximate surface area is 130 Å². The van der Waals surface area contributed by atoms with Gasteiger partial charge in [0.15, 0.2) is 0 Å². The maximum atomic E-state index is 9.36. The summed E-state index contributed by atoms with van der Waals surface area (Å²) in [6.07, 6.45) is 7.00. The quantitative estimate of drug-likeness (QED) is 0.517. The number of ether oxygens (including phenoxy) is 1. The Morgan fingerprint density at radius 1 is 1.18 bits per heavy atom. The van der Waals surface area contributed by atoms with Gasteiger partial charge in [0.2, 0.25) is 0 Å². The van der Waals surface area contributed by atoms with Crippen LogP contribution in [0.4, 0.5) is 5.69 Å². The van der Waals surface area contributed by atoms with Crippen LogP contribution in [0.15, 0.2) is 48.5 Å². The van der Waals surface area contributed by atoms with Crippen molar-refractivity contribution in [3.8, 4) is 24.2 Å². The van der Waals surface area contributed by atoms with Crippen LogP contribution in [0, 0.1) is 23.7 Å². The summed E-state index contributed by atoms with van der Waals surface area (Å²) in [5, 5.41) is 12.4. The molecule has 1 N–H and O–H groups in total. The van der Waals surface area contributed by atoms with Crippen LogP contribution in [0.25, 0.3) is 11.6 Å². The molecule has 0 aliphatic carbocycles. The molecular weight excluding hydrogens is 272 g/mol. The number of hydrogen-bond acceptors (Lipinski definition) is 3. The van der Waals surface area contributed by atoms with Crippen molar-refractivity contribution < 1.29 is 4.74 Å². The molecule has 0 amide bonds. The van der Waals surface area contributed by atoms with Gasteiger partial charge in [-0.2, -0.15) is 5.26 Å². The van der Waals surface area contributed by atoms with Crippen molar-refractivity contribution in [3.05, 3.63) is 59.7 Å². The highest BCUT2D eigenvalue weighted by Crippen LogP contribution is 2.21. The minimum absolute atomic E-state index is 0.246. The topological polar surface area (TPSA) is 45.0 Å². The van der Waals surface area contributed by atoms with Crippen molar-refractivity contribution in [1.82, 2.24) is 0 Å². The fraction of sp³-hybridized carbons (Fsp3) is 0.105. The summed E-state index contributed by atoms with van der Waals surface area (Å²) >= 11 is 0. The molecule has 3 heteroatoms. The van der Waals surface area contributed by atoms with Crippen LogP contribution in [-0.4, -0.2) is 13.7 Å². The van der Waals surface area contributed by atoms with E-state index in [9.17, 15) is 5.26 Å². The molecule has 0 saturated carbocycles. The summed E-state index contributed by atoms with van der Waals surface area (Å²) in [7, 11) is 1.86. The van der Waals surface area contributed by atoms with Crippen LogP contribution in [0.5, 0.6) is 5.75 Å². The second-order valence-electron chi connectivity index (χ2n) is 4.56. The second-order valence-corrected chi connectivity index (χ2v) is 4.56. The molecule has 22 heavy (non-hydrogen) atoms. The summed E-state index contributed by atoms with van der Waals surface area (Å²) in [5.74, 6) is 3.14. The molecule has 0 aromatic heterocycles. The first kappa shape index (κ1) is 15.2. The lowest BCUT2D eigenvalue weighted by Crippen LogP contribution is -1.92. The lowest BCUT2D eigenvalue weighted by molar-refractivity contribution is 0.370. The number of benzene rings is 2. The Morgan fingerprint density at radius 2 is 1.86 bits per heavy atom. The van der Waals surface area contributed by atoms with E-state index in [-0.39, 0.29) is 6.61 Å². The van der Waals surface area contributed by atoms with Gasteiger partial charge in [0.05, 0.1) is 11.6 Å². The fourth-order valence-corrected chi connectivity index (χ4v) is 1.95. The van der Waals surface area contributed by atoms with E-state index in [0.29, 0.717) is 11.3 Å². The van der Waals surface area contributed by atoms with Crippen molar-refractivity contribution in [2.45, 2.75) is 0 Å². The third-order valence-electron chi connectivity index (χ3n) is 3.12. The molecule has 108 valence electrons. The maximum absolute atomic E-state index is 9.36. The number of allylic oxidation sites excluding steroid dienone is 1. The molecule has 0 saturated heterocycles. The van der Waals surface area contributed by atoms with Crippen molar-refractivity contribution in [3.63, 3.8) is 0 Å². The number of hydrogen-bond donors (Lipinski definition) is 1. The highest BCUT2D eigenvalue weighted by Gasteiger charge is 2.01. The summed E-state index contributed by atoms with van der Waals surface area (Å²) in [6.45, 7) is 0.246. The van der Waals surface area contributed by atoms with Gasteiger partial charge in [-0.15, -0.1) is 6.42 Å². The van der Waals surface area contributed by atoms with E-state index >= 15 is 0 Å². The highest BCUT2D eigenvalue weighted by atomic mass is 16.5. The maximum Gasteiger partial charge on any atom is 0.148 e. The first-order chi connectivity index (χ1) is 10.8. The van der Waals surface area contributed by atoms with Gasteiger partial charge in [-0.05, 0) is 41.5 Å². The lowest BCUT2D eigenvalue weighted by Gasteiger charge is -2.04. The van der Waals surface area contributed by atoms with Crippen molar-refractivity contribution in [1.29, 1.82) is 5.26 Å². The minimum atomic E-state index is 0.246. The Bertz CT molecular complexity index is 729. The van der Waals surface area contributed by atoms with E-state index < -0.39 is 0 Å². The molecule has 0 fully saturated rings. The highest BCUT2D eigenvalue weighted by molar-refractivity contribution is 5.89. The predicted octanol–water partition coefficient (Wildman–Crippen LogP) is 3.80. The number of anilines is 1. The molecule has 0 spiro atoms. The van der Waals surface area contributed by atoms with Gasteiger partial charge in [0.1, 0.15) is 12.4 Å². The summed E-state index contributed by atoms with van der Waals surface area (Å²) in [6, 6.07) is 17.4. The first-order valence-electron chi connectivity index (χ1n) is 6.83. The Morgan fingerprint density at radius 3 is 2.41 bits per heavy atom. The second kappa shape index (κ2) is 7.57. The average molecular weight is 288 g/mol. The molecule has 0 radical (unpaired) electrons. The van der Waals surface area contributed by atoms with Crippen molar-refractivity contribution in [2.75, 3.05) is 19.0 Å².